The monoisotopic (exact) mass is 302 g/mol. The second kappa shape index (κ2) is 6.58. The number of carboxylic acids is 1. The number of carbonyl (C=O) groups is 1. The molecular weight excluding hydrogens is 284 g/mol. The first-order valence-corrected chi connectivity index (χ1v) is 7.51. The molecule has 8 heteroatoms. The number of phenolic OH excluding ortho intramolecular Hbond substituents is 1. The van der Waals surface area contributed by atoms with Crippen molar-refractivity contribution in [1.82, 2.24) is 4.31 Å². The number of phenols is 1. The summed E-state index contributed by atoms with van der Waals surface area (Å²) in [5.41, 5.74) is 0.192. The van der Waals surface area contributed by atoms with Crippen molar-refractivity contribution in [2.45, 2.75) is 13.8 Å². The van der Waals surface area contributed by atoms with Gasteiger partial charge in [-0.1, -0.05) is 13.8 Å². The van der Waals surface area contributed by atoms with Gasteiger partial charge in [-0.05, 0) is 24.3 Å². The zero-order valence-corrected chi connectivity index (χ0v) is 12.2. The first kappa shape index (κ1) is 16.3. The van der Waals surface area contributed by atoms with Crippen LogP contribution in [-0.4, -0.2) is 48.5 Å². The second-order valence-electron chi connectivity index (χ2n) is 4.01. The molecule has 0 aromatic heterocycles. The maximum Gasteiger partial charge on any atom is 0.324 e. The minimum absolute atomic E-state index is 0.0238. The summed E-state index contributed by atoms with van der Waals surface area (Å²) in [5.74, 6) is -1.28. The van der Waals surface area contributed by atoms with Crippen LogP contribution in [0.1, 0.15) is 13.8 Å². The summed E-state index contributed by atoms with van der Waals surface area (Å²) in [6.45, 7) is 3.16. The molecule has 0 saturated heterocycles. The van der Waals surface area contributed by atoms with Gasteiger partial charge in [-0.2, -0.15) is 12.7 Å². The molecule has 0 amide bonds. The Hall–Kier alpha value is -1.80. The van der Waals surface area contributed by atoms with Gasteiger partial charge >= 0.3 is 16.2 Å². The molecule has 20 heavy (non-hydrogen) atoms. The first-order valence-electron chi connectivity index (χ1n) is 6.11. The highest BCUT2D eigenvalue weighted by atomic mass is 32.2. The van der Waals surface area contributed by atoms with Gasteiger partial charge < -0.3 is 10.2 Å². The van der Waals surface area contributed by atoms with Gasteiger partial charge in [-0.3, -0.25) is 4.79 Å². The van der Waals surface area contributed by atoms with Crippen molar-refractivity contribution in [1.29, 1.82) is 0 Å². The lowest BCUT2D eigenvalue weighted by Crippen LogP contribution is -2.46. The third kappa shape index (κ3) is 3.61. The minimum atomic E-state index is -3.92. The van der Waals surface area contributed by atoms with E-state index in [-0.39, 0.29) is 24.5 Å². The Bertz CT molecular complexity index is 552. The molecule has 0 spiro atoms. The fraction of sp³-hybridized carbons (Fsp3) is 0.417. The van der Waals surface area contributed by atoms with Crippen LogP contribution in [0.3, 0.4) is 0 Å². The number of nitrogens with zero attached hydrogens (tertiary/aromatic N) is 2. The molecule has 0 unspecified atom stereocenters. The van der Waals surface area contributed by atoms with Crippen LogP contribution in [0.15, 0.2) is 24.3 Å². The maximum absolute atomic E-state index is 12.4. The van der Waals surface area contributed by atoms with E-state index in [2.05, 4.69) is 0 Å². The van der Waals surface area contributed by atoms with Gasteiger partial charge in [-0.25, -0.2) is 4.31 Å². The molecule has 1 rings (SSSR count). The fourth-order valence-corrected chi connectivity index (χ4v) is 3.33. The van der Waals surface area contributed by atoms with Crippen molar-refractivity contribution < 1.29 is 23.4 Å². The van der Waals surface area contributed by atoms with Crippen molar-refractivity contribution in [3.8, 4) is 5.75 Å². The van der Waals surface area contributed by atoms with Crippen LogP contribution >= 0.6 is 0 Å². The van der Waals surface area contributed by atoms with Crippen LogP contribution in [0.4, 0.5) is 5.69 Å². The lowest BCUT2D eigenvalue weighted by Gasteiger charge is -2.28. The number of hydrogen-bond acceptors (Lipinski definition) is 4. The largest absolute Gasteiger partial charge is 0.508 e. The number of anilines is 1. The molecule has 2 N–H and O–H groups in total. The highest BCUT2D eigenvalue weighted by molar-refractivity contribution is 7.90. The molecule has 0 aliphatic rings. The SMILES string of the molecule is CCN(CC)S(=O)(=O)N(CC(=O)O)c1ccc(O)cc1. The van der Waals surface area contributed by atoms with Gasteiger partial charge in [0.05, 0.1) is 5.69 Å². The molecule has 0 bridgehead atoms. The first-order chi connectivity index (χ1) is 9.32. The van der Waals surface area contributed by atoms with E-state index in [1.54, 1.807) is 13.8 Å². The Morgan fingerprint density at radius 2 is 1.65 bits per heavy atom. The van der Waals surface area contributed by atoms with Crippen LogP contribution in [0.5, 0.6) is 5.75 Å². The smallest absolute Gasteiger partial charge is 0.324 e. The number of aromatic hydroxyl groups is 1. The molecular formula is C12H18N2O5S. The summed E-state index contributed by atoms with van der Waals surface area (Å²) in [5, 5.41) is 18.1. The summed E-state index contributed by atoms with van der Waals surface area (Å²) >= 11 is 0. The van der Waals surface area contributed by atoms with Gasteiger partial charge in [0, 0.05) is 13.1 Å². The van der Waals surface area contributed by atoms with Crippen LogP contribution < -0.4 is 4.31 Å². The van der Waals surface area contributed by atoms with E-state index < -0.39 is 22.7 Å². The zero-order valence-electron chi connectivity index (χ0n) is 11.4. The summed E-state index contributed by atoms with van der Waals surface area (Å²) in [6, 6.07) is 5.34. The molecule has 1 aromatic rings. The van der Waals surface area contributed by atoms with E-state index in [1.807, 2.05) is 0 Å². The molecule has 0 saturated carbocycles. The summed E-state index contributed by atoms with van der Waals surface area (Å²) in [4.78, 5) is 10.9. The highest BCUT2D eigenvalue weighted by Crippen LogP contribution is 2.22. The standard InChI is InChI=1S/C12H18N2O5S/c1-3-13(4-2)20(18,19)14(9-12(16)17)10-5-7-11(15)8-6-10/h5-8,15H,3-4,9H2,1-2H3,(H,16,17). The van der Waals surface area contributed by atoms with Crippen LogP contribution in [0, 0.1) is 0 Å². The van der Waals surface area contributed by atoms with Crippen molar-refractivity contribution >= 4 is 21.9 Å². The predicted octanol–water partition coefficient (Wildman–Crippen LogP) is 0.870. The number of hydrogen-bond donors (Lipinski definition) is 2. The summed E-state index contributed by atoms with van der Waals surface area (Å²) < 4.78 is 26.9. The van der Waals surface area contributed by atoms with E-state index >= 15 is 0 Å². The van der Waals surface area contributed by atoms with Crippen molar-refractivity contribution in [3.63, 3.8) is 0 Å². The van der Waals surface area contributed by atoms with Gasteiger partial charge in [0.1, 0.15) is 12.3 Å². The van der Waals surface area contributed by atoms with E-state index in [1.165, 1.54) is 28.6 Å². The van der Waals surface area contributed by atoms with E-state index in [4.69, 9.17) is 5.11 Å². The number of carboxylic acid groups (broad SMARTS) is 1. The number of aliphatic carboxylic acids is 1. The Kier molecular flexibility index (Phi) is 5.34. The maximum atomic E-state index is 12.4. The highest BCUT2D eigenvalue weighted by Gasteiger charge is 2.29. The van der Waals surface area contributed by atoms with Gasteiger partial charge in [-0.15, -0.1) is 0 Å². The average molecular weight is 302 g/mol. The predicted molar refractivity (Wildman–Crippen MR) is 74.9 cm³/mol. The molecule has 0 atom stereocenters. The van der Waals surface area contributed by atoms with Crippen LogP contribution in [-0.2, 0) is 15.0 Å². The second-order valence-corrected chi connectivity index (χ2v) is 5.86. The van der Waals surface area contributed by atoms with Crippen LogP contribution in [0.25, 0.3) is 0 Å². The lowest BCUT2D eigenvalue weighted by molar-refractivity contribution is -0.135. The Balaban J connectivity index is 3.25. The lowest BCUT2D eigenvalue weighted by atomic mass is 10.3. The third-order valence-corrected chi connectivity index (χ3v) is 4.79. The van der Waals surface area contributed by atoms with Gasteiger partial charge in [0.15, 0.2) is 0 Å². The molecule has 0 aliphatic heterocycles. The van der Waals surface area contributed by atoms with Gasteiger partial charge in [0.2, 0.25) is 0 Å². The molecule has 112 valence electrons. The van der Waals surface area contributed by atoms with E-state index in [0.717, 1.165) is 4.31 Å². The molecule has 0 radical (unpaired) electrons. The van der Waals surface area contributed by atoms with Crippen molar-refractivity contribution in [2.75, 3.05) is 23.9 Å². The molecule has 1 aromatic carbocycles. The Morgan fingerprint density at radius 3 is 2.05 bits per heavy atom. The average Bonchev–Trinajstić information content (AvgIpc) is 2.38. The Morgan fingerprint density at radius 1 is 1.15 bits per heavy atom. The van der Waals surface area contributed by atoms with Crippen molar-refractivity contribution in [2.24, 2.45) is 0 Å². The summed E-state index contributed by atoms with van der Waals surface area (Å²) in [7, 11) is -3.92. The van der Waals surface area contributed by atoms with E-state index in [9.17, 15) is 18.3 Å². The zero-order chi connectivity index (χ0) is 15.3. The topological polar surface area (TPSA) is 98.2 Å². The molecule has 0 fully saturated rings. The quantitative estimate of drug-likeness (QED) is 0.778. The summed E-state index contributed by atoms with van der Waals surface area (Å²) in [6.07, 6.45) is 0. The normalized spacial score (nSPS) is 11.6. The van der Waals surface area contributed by atoms with Crippen molar-refractivity contribution in [3.05, 3.63) is 24.3 Å². The number of rotatable bonds is 7. The molecule has 0 aliphatic carbocycles. The Labute approximate surface area is 118 Å². The van der Waals surface area contributed by atoms with Gasteiger partial charge in [0.25, 0.3) is 0 Å². The third-order valence-electron chi connectivity index (χ3n) is 2.73. The number of benzene rings is 1. The molecule has 7 nitrogen and oxygen atoms in total. The molecule has 0 heterocycles. The minimum Gasteiger partial charge on any atom is -0.508 e. The fourth-order valence-electron chi connectivity index (χ4n) is 1.74. The van der Waals surface area contributed by atoms with Crippen LogP contribution in [0.2, 0.25) is 0 Å². The van der Waals surface area contributed by atoms with E-state index in [0.29, 0.717) is 0 Å².